The van der Waals surface area contributed by atoms with Crippen LogP contribution < -0.4 is 9.62 Å². The number of nitrogens with zero attached hydrogens (tertiary/aromatic N) is 2. The number of benzene rings is 2. The number of anilines is 1. The molecule has 1 aliphatic rings. The van der Waals surface area contributed by atoms with Crippen LogP contribution in [0.3, 0.4) is 0 Å². The molecule has 0 saturated carbocycles. The maximum absolute atomic E-state index is 12.9. The fraction of sp³-hybridized carbons (Fsp3) is 0.440. The Hall–Kier alpha value is -2.87. The highest BCUT2D eigenvalue weighted by atomic mass is 32.2. The van der Waals surface area contributed by atoms with Gasteiger partial charge in [0, 0.05) is 37.7 Å². The number of amides is 2. The Morgan fingerprint density at radius 3 is 2.09 bits per heavy atom. The van der Waals surface area contributed by atoms with E-state index >= 15 is 0 Å². The lowest BCUT2D eigenvalue weighted by Gasteiger charge is -2.32. The zero-order chi connectivity index (χ0) is 24.2. The summed E-state index contributed by atoms with van der Waals surface area (Å²) in [5, 5.41) is 3.06. The van der Waals surface area contributed by atoms with E-state index in [1.807, 2.05) is 13.0 Å². The molecule has 1 fully saturated rings. The minimum atomic E-state index is -3.73. The maximum Gasteiger partial charge on any atom is 0.264 e. The van der Waals surface area contributed by atoms with Gasteiger partial charge in [-0.05, 0) is 62.1 Å². The molecule has 2 aromatic carbocycles. The number of nitrogens with one attached hydrogen (secondary N) is 1. The van der Waals surface area contributed by atoms with E-state index in [2.05, 4.69) is 19.2 Å². The average Bonchev–Trinajstić information content (AvgIpc) is 2.83. The summed E-state index contributed by atoms with van der Waals surface area (Å²) in [7, 11) is -2.22. The summed E-state index contributed by atoms with van der Waals surface area (Å²) in [5.74, 6) is 0.191. The Balaban J connectivity index is 1.61. The summed E-state index contributed by atoms with van der Waals surface area (Å²) in [4.78, 5) is 27.3. The van der Waals surface area contributed by atoms with Crippen LogP contribution in [0, 0.1) is 11.8 Å². The molecule has 1 aliphatic heterocycles. The van der Waals surface area contributed by atoms with Gasteiger partial charge in [-0.15, -0.1) is 0 Å². The molecule has 0 bridgehead atoms. The third kappa shape index (κ3) is 5.74. The molecule has 8 heteroatoms. The predicted molar refractivity (Wildman–Crippen MR) is 130 cm³/mol. The highest BCUT2D eigenvalue weighted by Crippen LogP contribution is 2.24. The van der Waals surface area contributed by atoms with Crippen molar-refractivity contribution in [3.05, 3.63) is 60.2 Å². The van der Waals surface area contributed by atoms with Crippen molar-refractivity contribution in [1.82, 2.24) is 10.2 Å². The fourth-order valence-corrected chi connectivity index (χ4v) is 4.94. The van der Waals surface area contributed by atoms with Gasteiger partial charge in [0.15, 0.2) is 0 Å². The molecule has 2 amide bonds. The molecule has 1 heterocycles. The van der Waals surface area contributed by atoms with Crippen molar-refractivity contribution in [2.75, 3.05) is 24.4 Å². The summed E-state index contributed by atoms with van der Waals surface area (Å²) in [6.07, 6.45) is 1.24. The highest BCUT2D eigenvalue weighted by Gasteiger charge is 2.29. The SMILES string of the molecule is CC(C)C(C)NC(=O)C1CCN(C(=O)c2ccc(S(=O)(=O)N(C)c3ccccc3)cc2)CC1. The number of hydrogen-bond acceptors (Lipinski definition) is 4. The molecule has 178 valence electrons. The van der Waals surface area contributed by atoms with Gasteiger partial charge in [-0.3, -0.25) is 13.9 Å². The Morgan fingerprint density at radius 1 is 0.970 bits per heavy atom. The normalized spacial score (nSPS) is 15.8. The first-order chi connectivity index (χ1) is 15.6. The lowest BCUT2D eigenvalue weighted by molar-refractivity contribution is -0.127. The van der Waals surface area contributed by atoms with Crippen molar-refractivity contribution in [3.8, 4) is 0 Å². The van der Waals surface area contributed by atoms with Crippen LogP contribution in [0.25, 0.3) is 0 Å². The largest absolute Gasteiger partial charge is 0.353 e. The van der Waals surface area contributed by atoms with E-state index in [9.17, 15) is 18.0 Å². The quantitative estimate of drug-likeness (QED) is 0.669. The van der Waals surface area contributed by atoms with Crippen molar-refractivity contribution >= 4 is 27.5 Å². The lowest BCUT2D eigenvalue weighted by atomic mass is 9.94. The number of piperidine rings is 1. The van der Waals surface area contributed by atoms with Crippen LogP contribution in [0.2, 0.25) is 0 Å². The number of carbonyl (C=O) groups is 2. The van der Waals surface area contributed by atoms with Gasteiger partial charge in [0.25, 0.3) is 15.9 Å². The number of sulfonamides is 1. The molecule has 2 aromatic rings. The third-order valence-electron chi connectivity index (χ3n) is 6.40. The Kier molecular flexibility index (Phi) is 7.79. The van der Waals surface area contributed by atoms with Crippen molar-refractivity contribution in [1.29, 1.82) is 0 Å². The molecule has 1 saturated heterocycles. The smallest absolute Gasteiger partial charge is 0.264 e. The zero-order valence-corrected chi connectivity index (χ0v) is 20.5. The van der Waals surface area contributed by atoms with Gasteiger partial charge in [0.2, 0.25) is 5.91 Å². The summed E-state index contributed by atoms with van der Waals surface area (Å²) in [6, 6.07) is 15.0. The topological polar surface area (TPSA) is 86.8 Å². The molecular weight excluding hydrogens is 438 g/mol. The van der Waals surface area contributed by atoms with Gasteiger partial charge in [-0.25, -0.2) is 8.42 Å². The van der Waals surface area contributed by atoms with Crippen molar-refractivity contribution in [3.63, 3.8) is 0 Å². The second kappa shape index (κ2) is 10.4. The van der Waals surface area contributed by atoms with Gasteiger partial charge >= 0.3 is 0 Å². The van der Waals surface area contributed by atoms with E-state index in [0.29, 0.717) is 43.1 Å². The molecule has 0 aliphatic carbocycles. The van der Waals surface area contributed by atoms with Crippen molar-refractivity contribution in [2.45, 2.75) is 44.6 Å². The van der Waals surface area contributed by atoms with Crippen molar-refractivity contribution in [2.24, 2.45) is 11.8 Å². The van der Waals surface area contributed by atoms with E-state index in [-0.39, 0.29) is 28.7 Å². The van der Waals surface area contributed by atoms with E-state index in [1.165, 1.54) is 23.5 Å². The number of carbonyl (C=O) groups excluding carboxylic acids is 2. The highest BCUT2D eigenvalue weighted by molar-refractivity contribution is 7.92. The standard InChI is InChI=1S/C25H33N3O4S/c1-18(2)19(3)26-24(29)20-14-16-28(17-15-20)25(30)21-10-12-23(13-11-21)33(31,32)27(4)22-8-6-5-7-9-22/h5-13,18-20H,14-17H2,1-4H3,(H,26,29). The molecule has 7 nitrogen and oxygen atoms in total. The van der Waals surface area contributed by atoms with Gasteiger partial charge in [-0.2, -0.15) is 0 Å². The van der Waals surface area contributed by atoms with E-state index in [0.717, 1.165) is 0 Å². The van der Waals surface area contributed by atoms with Gasteiger partial charge < -0.3 is 10.2 Å². The van der Waals surface area contributed by atoms with E-state index in [4.69, 9.17) is 0 Å². The zero-order valence-electron chi connectivity index (χ0n) is 19.7. The van der Waals surface area contributed by atoms with E-state index in [1.54, 1.807) is 41.3 Å². The minimum absolute atomic E-state index is 0.0559. The number of rotatable bonds is 7. The summed E-state index contributed by atoms with van der Waals surface area (Å²) < 4.78 is 27.1. The Bertz CT molecular complexity index is 1060. The first-order valence-electron chi connectivity index (χ1n) is 11.3. The number of likely N-dealkylation sites (tertiary alicyclic amines) is 1. The molecule has 3 rings (SSSR count). The van der Waals surface area contributed by atoms with Crippen LogP contribution in [0.5, 0.6) is 0 Å². The maximum atomic E-state index is 12.9. The first-order valence-corrected chi connectivity index (χ1v) is 12.8. The predicted octanol–water partition coefficient (Wildman–Crippen LogP) is 3.52. The van der Waals surface area contributed by atoms with Crippen molar-refractivity contribution < 1.29 is 18.0 Å². The van der Waals surface area contributed by atoms with Gasteiger partial charge in [0.1, 0.15) is 0 Å². The number of para-hydroxylation sites is 1. The molecule has 1 unspecified atom stereocenters. The first kappa shape index (κ1) is 24.8. The molecule has 0 spiro atoms. The second-order valence-electron chi connectivity index (χ2n) is 8.94. The Morgan fingerprint density at radius 2 is 1.55 bits per heavy atom. The molecule has 0 radical (unpaired) electrons. The van der Waals surface area contributed by atoms with Crippen LogP contribution in [0.15, 0.2) is 59.5 Å². The molecule has 33 heavy (non-hydrogen) atoms. The molecule has 0 aromatic heterocycles. The second-order valence-corrected chi connectivity index (χ2v) is 10.9. The Labute approximate surface area is 196 Å². The molecule has 1 N–H and O–H groups in total. The van der Waals surface area contributed by atoms with Crippen LogP contribution >= 0.6 is 0 Å². The van der Waals surface area contributed by atoms with Crippen LogP contribution in [-0.2, 0) is 14.8 Å². The van der Waals surface area contributed by atoms with Gasteiger partial charge in [-0.1, -0.05) is 32.0 Å². The molecular formula is C25H33N3O4S. The summed E-state index contributed by atoms with van der Waals surface area (Å²) in [6.45, 7) is 7.15. The fourth-order valence-electron chi connectivity index (χ4n) is 3.74. The number of hydrogen-bond donors (Lipinski definition) is 1. The average molecular weight is 472 g/mol. The van der Waals surface area contributed by atoms with Crippen LogP contribution in [0.4, 0.5) is 5.69 Å². The summed E-state index contributed by atoms with van der Waals surface area (Å²) >= 11 is 0. The van der Waals surface area contributed by atoms with Gasteiger partial charge in [0.05, 0.1) is 10.6 Å². The third-order valence-corrected chi connectivity index (χ3v) is 8.20. The minimum Gasteiger partial charge on any atom is -0.353 e. The van der Waals surface area contributed by atoms with E-state index < -0.39 is 10.0 Å². The monoisotopic (exact) mass is 471 g/mol. The summed E-state index contributed by atoms with van der Waals surface area (Å²) in [5.41, 5.74) is 1.000. The van der Waals surface area contributed by atoms with Crippen LogP contribution in [-0.4, -0.2) is 51.3 Å². The van der Waals surface area contributed by atoms with Crippen LogP contribution in [0.1, 0.15) is 44.0 Å². The lowest BCUT2D eigenvalue weighted by Crippen LogP contribution is -2.45. The molecule has 1 atom stereocenters.